The van der Waals surface area contributed by atoms with Crippen molar-refractivity contribution in [1.29, 1.82) is 0 Å². The molecule has 0 saturated carbocycles. The molecule has 30 heteroatoms. The number of aromatic nitrogens is 3. The molecule has 4 rings (SSSR count). The van der Waals surface area contributed by atoms with Gasteiger partial charge in [0.05, 0.1) is 49.6 Å². The minimum absolute atomic E-state index is 0.0164. The van der Waals surface area contributed by atoms with Crippen LogP contribution in [0.5, 0.6) is 0 Å². The maximum atomic E-state index is 14.9. The molecule has 13 atom stereocenters. The number of nitrogens with one attached hydrogen (secondary N) is 3. The second-order valence-corrected chi connectivity index (χ2v) is 16.9. The average molecular weight is 1000 g/mol. The van der Waals surface area contributed by atoms with Crippen LogP contribution in [0.2, 0.25) is 0 Å². The number of rotatable bonds is 23. The van der Waals surface area contributed by atoms with E-state index < -0.39 is 154 Å². The predicted octanol–water partition coefficient (Wildman–Crippen LogP) is -1.62. The molecular formula is C37H52F7N6O16P. The van der Waals surface area contributed by atoms with Crippen molar-refractivity contribution in [3.63, 3.8) is 0 Å². The van der Waals surface area contributed by atoms with Crippen LogP contribution in [0.1, 0.15) is 47.1 Å². The first-order chi connectivity index (χ1) is 31.2. The van der Waals surface area contributed by atoms with Gasteiger partial charge in [-0.25, -0.2) is 13.8 Å². The molecule has 67 heavy (non-hydrogen) atoms. The molecule has 1 aliphatic heterocycles. The van der Waals surface area contributed by atoms with Gasteiger partial charge in [-0.2, -0.15) is 26.3 Å². The van der Waals surface area contributed by atoms with Crippen molar-refractivity contribution in [2.75, 3.05) is 40.5 Å². The van der Waals surface area contributed by atoms with Crippen molar-refractivity contribution in [1.82, 2.24) is 30.1 Å². The number of alkyl halides is 6. The van der Waals surface area contributed by atoms with Crippen LogP contribution in [-0.2, 0) is 42.0 Å². The van der Waals surface area contributed by atoms with Crippen molar-refractivity contribution in [2.24, 2.45) is 0 Å². The number of morpholine rings is 1. The summed E-state index contributed by atoms with van der Waals surface area (Å²) in [6.45, 7) is -1.93. The quantitative estimate of drug-likeness (QED) is 0.0288. The predicted molar refractivity (Wildman–Crippen MR) is 211 cm³/mol. The van der Waals surface area contributed by atoms with Crippen LogP contribution in [0.15, 0.2) is 47.3 Å². The van der Waals surface area contributed by atoms with E-state index in [1.165, 1.54) is 17.0 Å². The lowest BCUT2D eigenvalue weighted by molar-refractivity contribution is -0.231. The number of aliphatic hydroxyl groups excluding tert-OH is 10. The molecular weight excluding hydrogens is 948 g/mol. The number of benzene rings is 2. The van der Waals surface area contributed by atoms with Gasteiger partial charge in [-0.1, -0.05) is 12.1 Å². The average Bonchev–Trinajstić information content (AvgIpc) is 3.67. The fraction of sp³-hybridized carbons (Fsp3) is 0.622. The van der Waals surface area contributed by atoms with E-state index in [0.717, 1.165) is 33.2 Å². The molecule has 1 aliphatic rings. The monoisotopic (exact) mass is 1000 g/mol. The molecule has 0 bridgehead atoms. The summed E-state index contributed by atoms with van der Waals surface area (Å²) in [5.41, 5.74) is -5.01. The highest BCUT2D eigenvalue weighted by atomic mass is 31.2. The van der Waals surface area contributed by atoms with Crippen LogP contribution in [0, 0.1) is 5.82 Å². The number of aromatic amines is 1. The van der Waals surface area contributed by atoms with Gasteiger partial charge in [-0.3, -0.25) is 29.6 Å². The van der Waals surface area contributed by atoms with Crippen LogP contribution in [0.4, 0.5) is 30.7 Å². The summed E-state index contributed by atoms with van der Waals surface area (Å²) in [6.07, 6.45) is -36.0. The van der Waals surface area contributed by atoms with Gasteiger partial charge in [0.25, 0.3) is 0 Å². The van der Waals surface area contributed by atoms with Crippen molar-refractivity contribution in [2.45, 2.75) is 106 Å². The molecule has 2 unspecified atom stereocenters. The number of likely N-dealkylation sites (N-methyl/N-ethyl adjacent to an activating group) is 2. The number of halogens is 7. The minimum Gasteiger partial charge on any atom is -0.394 e. The molecule has 3 aromatic rings. The molecule has 22 nitrogen and oxygen atoms in total. The minimum atomic E-state index is -5.63. The Bertz CT molecular complexity index is 2070. The molecule has 1 fully saturated rings. The van der Waals surface area contributed by atoms with Crippen LogP contribution < -0.4 is 16.3 Å². The Kier molecular flexibility index (Phi) is 19.5. The Morgan fingerprint density at radius 3 is 1.72 bits per heavy atom. The van der Waals surface area contributed by atoms with E-state index in [1.807, 2.05) is 0 Å². The zero-order chi connectivity index (χ0) is 50.3. The highest BCUT2D eigenvalue weighted by Gasteiger charge is 2.47. The SMILES string of the molecule is CNC(OP(=O)(OC(NC)[C@H](O)[C@@H](O)[C@H](O)[C@H](O)CO)n1nc(CN2CCO[C@H](O[C@H](C)c3cc(C(F)(F)F)cc(C(F)(F)F)c3)[C@@H]2c2ccc(F)cc2)[nH]c1=O)[C@H](O)[C@@H](O)[C@H](O)[C@H](O)CO. The largest absolute Gasteiger partial charge is 0.462 e. The van der Waals surface area contributed by atoms with Gasteiger partial charge < -0.3 is 60.5 Å². The van der Waals surface area contributed by atoms with Gasteiger partial charge in [0.15, 0.2) is 6.29 Å². The van der Waals surface area contributed by atoms with Crippen LogP contribution >= 0.6 is 7.75 Å². The van der Waals surface area contributed by atoms with Crippen molar-refractivity contribution in [3.05, 3.63) is 86.8 Å². The fourth-order valence-electron chi connectivity index (χ4n) is 6.69. The maximum Gasteiger partial charge on any atom is 0.462 e. The molecule has 2 heterocycles. The molecule has 0 aliphatic carbocycles. The van der Waals surface area contributed by atoms with E-state index in [2.05, 4.69) is 20.7 Å². The highest BCUT2D eigenvalue weighted by molar-refractivity contribution is 7.52. The lowest BCUT2D eigenvalue weighted by Crippen LogP contribution is -2.55. The second-order valence-electron chi connectivity index (χ2n) is 15.1. The first kappa shape index (κ1) is 56.0. The topological polar surface area (TPSA) is 334 Å². The molecule has 0 spiro atoms. The number of aliphatic hydroxyl groups is 10. The molecule has 0 radical (unpaired) electrons. The van der Waals surface area contributed by atoms with Gasteiger partial charge >= 0.3 is 25.8 Å². The molecule has 0 amide bonds. The number of nitrogens with zero attached hydrogens (tertiary/aromatic N) is 3. The van der Waals surface area contributed by atoms with Crippen LogP contribution in [0.3, 0.4) is 0 Å². The first-order valence-corrected chi connectivity index (χ1v) is 21.4. The highest BCUT2D eigenvalue weighted by Crippen LogP contribution is 2.51. The first-order valence-electron chi connectivity index (χ1n) is 19.9. The number of hydrogen-bond donors (Lipinski definition) is 13. The number of H-pyrrole nitrogens is 1. The van der Waals surface area contributed by atoms with E-state index >= 15 is 0 Å². The standard InChI is InChI=1S/C37H52F7N6O16P/c1-16(18-10-19(36(39,40)41)12-20(11-18)37(42,43)44)64-34-25(17-4-6-21(38)7-5-17)49(8-9-63-34)13-24-47-35(61)50(48-24)67(62,65-32(45-2)30(59)28(57)26(55)22(53)14-51)66-33(46-3)31(60)29(58)27(56)23(54)15-52/h4-7,10-12,16,22-23,25-34,45-46,51-60H,8-9,13-15H2,1-3H3,(H,47,48,61)/t16-,22-,23-,25+,26-,27-,28+,29+,30-,31-,32?,33?,34-,67?/m1/s1. The van der Waals surface area contributed by atoms with Crippen molar-refractivity contribution < 1.29 is 105 Å². The Balaban J connectivity index is 1.77. The van der Waals surface area contributed by atoms with Crippen LogP contribution in [-0.4, -0.2) is 179 Å². The van der Waals surface area contributed by atoms with Crippen LogP contribution in [0.25, 0.3) is 0 Å². The maximum absolute atomic E-state index is 14.9. The van der Waals surface area contributed by atoms with E-state index in [0.29, 0.717) is 12.1 Å². The van der Waals surface area contributed by atoms with Crippen molar-refractivity contribution >= 4 is 7.75 Å². The van der Waals surface area contributed by atoms with Gasteiger partial charge in [0.1, 0.15) is 72.9 Å². The summed E-state index contributed by atoms with van der Waals surface area (Å²) in [5.74, 6) is -1.13. The molecule has 1 aromatic heterocycles. The summed E-state index contributed by atoms with van der Waals surface area (Å²) < 4.78 is 134. The third-order valence-corrected chi connectivity index (χ3v) is 12.1. The van der Waals surface area contributed by atoms with Gasteiger partial charge in [-0.05, 0) is 62.5 Å². The van der Waals surface area contributed by atoms with E-state index in [4.69, 9.17) is 18.5 Å². The Morgan fingerprint density at radius 2 is 1.28 bits per heavy atom. The summed E-state index contributed by atoms with van der Waals surface area (Å²) >= 11 is 0. The Hall–Kier alpha value is -3.56. The van der Waals surface area contributed by atoms with E-state index in [9.17, 15) is 91.2 Å². The van der Waals surface area contributed by atoms with Gasteiger partial charge in [0, 0.05) is 6.54 Å². The third-order valence-electron chi connectivity index (χ3n) is 10.4. The molecule has 1 saturated heterocycles. The summed E-state index contributed by atoms with van der Waals surface area (Å²) in [6, 6.07) is 4.21. The van der Waals surface area contributed by atoms with Gasteiger partial charge in [-0.15, -0.1) is 9.55 Å². The fourth-order valence-corrected chi connectivity index (χ4v) is 8.45. The smallest absolute Gasteiger partial charge is 0.394 e. The molecule has 380 valence electrons. The second kappa shape index (κ2) is 23.4. The zero-order valence-electron chi connectivity index (χ0n) is 35.4. The summed E-state index contributed by atoms with van der Waals surface area (Å²) in [7, 11) is -3.56. The molecule has 13 N–H and O–H groups in total. The number of hydrogen-bond acceptors (Lipinski definition) is 20. The van der Waals surface area contributed by atoms with Gasteiger partial charge in [0.2, 0.25) is 0 Å². The zero-order valence-corrected chi connectivity index (χ0v) is 36.3. The Morgan fingerprint density at radius 1 is 0.806 bits per heavy atom. The van der Waals surface area contributed by atoms with E-state index in [-0.39, 0.29) is 29.2 Å². The third kappa shape index (κ3) is 13.8. The summed E-state index contributed by atoms with van der Waals surface area (Å²) in [5, 5.41) is 110. The molecule has 2 aromatic carbocycles. The van der Waals surface area contributed by atoms with E-state index in [1.54, 1.807) is 0 Å². The normalized spacial score (nSPS) is 22.4. The Labute approximate surface area is 375 Å². The van der Waals surface area contributed by atoms with Crippen molar-refractivity contribution in [3.8, 4) is 0 Å². The number of ether oxygens (including phenoxy) is 2. The lowest BCUT2D eigenvalue weighted by atomic mass is 10.0. The summed E-state index contributed by atoms with van der Waals surface area (Å²) in [4.78, 5) is 17.4. The lowest BCUT2D eigenvalue weighted by Gasteiger charge is -2.41.